The average Bonchev–Trinajstić information content (AvgIpc) is 3.20. The van der Waals surface area contributed by atoms with Gasteiger partial charge in [-0.05, 0) is 5.56 Å². The summed E-state index contributed by atoms with van der Waals surface area (Å²) < 4.78 is 0. The van der Waals surface area contributed by atoms with Crippen molar-refractivity contribution in [2.75, 3.05) is 0 Å². The summed E-state index contributed by atoms with van der Waals surface area (Å²) in [5, 5.41) is 20.5. The predicted molar refractivity (Wildman–Crippen MR) is 72.0 cm³/mol. The lowest BCUT2D eigenvalue weighted by Gasteiger charge is -2.06. The van der Waals surface area contributed by atoms with Crippen molar-refractivity contribution in [3.8, 4) is 0 Å². The van der Waals surface area contributed by atoms with Crippen molar-refractivity contribution in [3.05, 3.63) is 35.9 Å². The maximum absolute atomic E-state index is 12.0. The normalized spacial score (nSPS) is 24.9. The molecular weight excluding hydrogens is 276 g/mol. The molecule has 1 aromatic carbocycles. The molecule has 1 aromatic rings. The molecule has 0 bridgehead atoms. The fourth-order valence-corrected chi connectivity index (χ4v) is 2.50. The molecule has 5 N–H and O–H groups in total. The summed E-state index contributed by atoms with van der Waals surface area (Å²) in [6.45, 7) is 0.261. The molecule has 1 aliphatic rings. The summed E-state index contributed by atoms with van der Waals surface area (Å²) in [4.78, 5) is 33.9. The van der Waals surface area contributed by atoms with E-state index in [0.29, 0.717) is 0 Å². The van der Waals surface area contributed by atoms with Gasteiger partial charge in [0, 0.05) is 12.5 Å². The standard InChI is InChI=1S/C14H16N2O5/c15-11(14(20)21)8-9(10(8)13(18)19)12(17)16-6-7-4-2-1-3-5-7/h1-5,8-11H,6,15H2,(H,16,17)(H,18,19)(H,20,21)/t8-,9+,10+,11?/m0/s1. The van der Waals surface area contributed by atoms with Crippen LogP contribution in [0, 0.1) is 17.8 Å². The Morgan fingerprint density at radius 1 is 1.14 bits per heavy atom. The van der Waals surface area contributed by atoms with Gasteiger partial charge >= 0.3 is 11.9 Å². The van der Waals surface area contributed by atoms with Crippen LogP contribution in [0.3, 0.4) is 0 Å². The predicted octanol–water partition coefficient (Wildman–Crippen LogP) is -0.338. The Hall–Kier alpha value is -2.41. The number of hydrogen-bond donors (Lipinski definition) is 4. The van der Waals surface area contributed by atoms with Crippen LogP contribution in [0.1, 0.15) is 5.56 Å². The summed E-state index contributed by atoms with van der Waals surface area (Å²) in [7, 11) is 0. The van der Waals surface area contributed by atoms with Crippen molar-refractivity contribution >= 4 is 17.8 Å². The number of rotatable bonds is 6. The molecule has 1 aliphatic carbocycles. The second kappa shape index (κ2) is 5.92. The maximum atomic E-state index is 12.0. The quantitative estimate of drug-likeness (QED) is 0.567. The zero-order valence-electron chi connectivity index (χ0n) is 11.1. The molecular formula is C14H16N2O5. The van der Waals surface area contributed by atoms with Crippen molar-refractivity contribution in [1.82, 2.24) is 5.32 Å². The third kappa shape index (κ3) is 3.19. The van der Waals surface area contributed by atoms with E-state index >= 15 is 0 Å². The van der Waals surface area contributed by atoms with Crippen molar-refractivity contribution in [2.24, 2.45) is 23.5 Å². The zero-order valence-corrected chi connectivity index (χ0v) is 11.1. The van der Waals surface area contributed by atoms with Crippen LogP contribution in [0.2, 0.25) is 0 Å². The highest BCUT2D eigenvalue weighted by Gasteiger charge is 2.63. The lowest BCUT2D eigenvalue weighted by atomic mass is 10.1. The third-order valence-corrected chi connectivity index (χ3v) is 3.67. The largest absolute Gasteiger partial charge is 0.481 e. The van der Waals surface area contributed by atoms with Crippen LogP contribution in [0.15, 0.2) is 30.3 Å². The van der Waals surface area contributed by atoms with Gasteiger partial charge in [0.15, 0.2) is 0 Å². The molecule has 0 heterocycles. The Kier molecular flexibility index (Phi) is 4.23. The maximum Gasteiger partial charge on any atom is 0.320 e. The number of aliphatic carboxylic acids is 2. The van der Waals surface area contributed by atoms with Gasteiger partial charge in [0.25, 0.3) is 0 Å². The monoisotopic (exact) mass is 292 g/mol. The van der Waals surface area contributed by atoms with Crippen LogP contribution in [0.4, 0.5) is 0 Å². The molecule has 0 radical (unpaired) electrons. The highest BCUT2D eigenvalue weighted by Crippen LogP contribution is 2.48. The van der Waals surface area contributed by atoms with Gasteiger partial charge in [-0.2, -0.15) is 0 Å². The van der Waals surface area contributed by atoms with Crippen LogP contribution in [-0.2, 0) is 20.9 Å². The van der Waals surface area contributed by atoms with Gasteiger partial charge in [-0.25, -0.2) is 0 Å². The zero-order chi connectivity index (χ0) is 15.6. The van der Waals surface area contributed by atoms with Crippen LogP contribution < -0.4 is 11.1 Å². The molecule has 0 aliphatic heterocycles. The minimum atomic E-state index is -1.35. The minimum Gasteiger partial charge on any atom is -0.481 e. The summed E-state index contributed by atoms with van der Waals surface area (Å²) >= 11 is 0. The molecule has 0 aromatic heterocycles. The highest BCUT2D eigenvalue weighted by atomic mass is 16.4. The number of nitrogens with one attached hydrogen (secondary N) is 1. The third-order valence-electron chi connectivity index (χ3n) is 3.67. The molecule has 0 spiro atoms. The molecule has 1 fully saturated rings. The van der Waals surface area contributed by atoms with Crippen molar-refractivity contribution < 1.29 is 24.6 Å². The molecule has 1 saturated carbocycles. The molecule has 0 saturated heterocycles. The number of carboxylic acids is 2. The molecule has 21 heavy (non-hydrogen) atoms. The molecule has 2 rings (SSSR count). The Balaban J connectivity index is 1.98. The van der Waals surface area contributed by atoms with Crippen molar-refractivity contribution in [1.29, 1.82) is 0 Å². The lowest BCUT2D eigenvalue weighted by molar-refractivity contribution is -0.141. The van der Waals surface area contributed by atoms with Crippen molar-refractivity contribution in [3.63, 3.8) is 0 Å². The van der Waals surface area contributed by atoms with E-state index in [1.54, 1.807) is 0 Å². The van der Waals surface area contributed by atoms with Crippen LogP contribution >= 0.6 is 0 Å². The van der Waals surface area contributed by atoms with Gasteiger partial charge < -0.3 is 21.3 Å². The topological polar surface area (TPSA) is 130 Å². The summed E-state index contributed by atoms with van der Waals surface area (Å²) in [6, 6.07) is 7.78. The van der Waals surface area contributed by atoms with E-state index in [9.17, 15) is 14.4 Å². The van der Waals surface area contributed by atoms with Crippen molar-refractivity contribution in [2.45, 2.75) is 12.6 Å². The fourth-order valence-electron chi connectivity index (χ4n) is 2.50. The second-order valence-electron chi connectivity index (χ2n) is 5.03. The summed E-state index contributed by atoms with van der Waals surface area (Å²) in [6.07, 6.45) is 0. The number of carbonyl (C=O) groups is 3. The van der Waals surface area contributed by atoms with E-state index in [-0.39, 0.29) is 6.54 Å². The fraction of sp³-hybridized carbons (Fsp3) is 0.357. The number of carboxylic acid groups (broad SMARTS) is 2. The first kappa shape index (κ1) is 15.0. The number of nitrogens with two attached hydrogens (primary N) is 1. The first-order chi connectivity index (χ1) is 9.93. The number of amides is 1. The van der Waals surface area contributed by atoms with E-state index < -0.39 is 41.6 Å². The Labute approximate surface area is 120 Å². The molecule has 4 atom stereocenters. The average molecular weight is 292 g/mol. The van der Waals surface area contributed by atoms with Gasteiger partial charge in [0.05, 0.1) is 11.8 Å². The van der Waals surface area contributed by atoms with E-state index in [4.69, 9.17) is 15.9 Å². The number of benzene rings is 1. The van der Waals surface area contributed by atoms with E-state index in [1.807, 2.05) is 30.3 Å². The smallest absolute Gasteiger partial charge is 0.320 e. The molecule has 7 heteroatoms. The number of hydrogen-bond acceptors (Lipinski definition) is 4. The van der Waals surface area contributed by atoms with Gasteiger partial charge in [0.1, 0.15) is 6.04 Å². The van der Waals surface area contributed by atoms with Gasteiger partial charge in [0.2, 0.25) is 5.91 Å². The SMILES string of the molecule is NC(C(=O)O)[C@@H]1[C@@H](C(=O)O)[C@@H]1C(=O)NCc1ccccc1. The summed E-state index contributed by atoms with van der Waals surface area (Å²) in [5.74, 6) is -5.77. The van der Waals surface area contributed by atoms with Gasteiger partial charge in [-0.1, -0.05) is 30.3 Å². The first-order valence-electron chi connectivity index (χ1n) is 6.46. The Morgan fingerprint density at radius 2 is 1.76 bits per heavy atom. The van der Waals surface area contributed by atoms with Crippen LogP contribution in [0.25, 0.3) is 0 Å². The van der Waals surface area contributed by atoms with Gasteiger partial charge in [-0.15, -0.1) is 0 Å². The van der Waals surface area contributed by atoms with E-state index in [1.165, 1.54) is 0 Å². The lowest BCUT2D eigenvalue weighted by Crippen LogP contribution is -2.35. The first-order valence-corrected chi connectivity index (χ1v) is 6.46. The molecule has 7 nitrogen and oxygen atoms in total. The molecule has 1 amide bonds. The van der Waals surface area contributed by atoms with Gasteiger partial charge in [-0.3, -0.25) is 14.4 Å². The van der Waals surface area contributed by atoms with Crippen LogP contribution in [0.5, 0.6) is 0 Å². The summed E-state index contributed by atoms with van der Waals surface area (Å²) in [5.41, 5.74) is 6.32. The minimum absolute atomic E-state index is 0.261. The Morgan fingerprint density at radius 3 is 2.29 bits per heavy atom. The van der Waals surface area contributed by atoms with Crippen LogP contribution in [-0.4, -0.2) is 34.1 Å². The number of carbonyl (C=O) groups excluding carboxylic acids is 1. The molecule has 112 valence electrons. The Bertz CT molecular complexity index is 560. The highest BCUT2D eigenvalue weighted by molar-refractivity contribution is 5.92. The second-order valence-corrected chi connectivity index (χ2v) is 5.03. The van der Waals surface area contributed by atoms with E-state index in [2.05, 4.69) is 5.32 Å². The van der Waals surface area contributed by atoms with E-state index in [0.717, 1.165) is 5.56 Å². The molecule has 1 unspecified atom stereocenters.